The summed E-state index contributed by atoms with van der Waals surface area (Å²) in [7, 11) is 0. The Balaban J connectivity index is 0.000001000. The van der Waals surface area contributed by atoms with E-state index in [0.717, 1.165) is 5.75 Å². The number of nitrogens with two attached hydrogens (primary N) is 1. The second-order valence-electron chi connectivity index (χ2n) is 2.22. The summed E-state index contributed by atoms with van der Waals surface area (Å²) in [6.45, 7) is 2.03. The average molecular weight is 210 g/mol. The van der Waals surface area contributed by atoms with Crippen LogP contribution in [0.4, 0.5) is 0 Å². The molecule has 0 aliphatic carbocycles. The summed E-state index contributed by atoms with van der Waals surface area (Å²) >= 11 is 3.60. The van der Waals surface area contributed by atoms with Crippen LogP contribution in [-0.2, 0) is 0 Å². The van der Waals surface area contributed by atoms with Gasteiger partial charge in [0.15, 0.2) is 0 Å². The van der Waals surface area contributed by atoms with Crippen molar-refractivity contribution in [2.45, 2.75) is 17.2 Å². The Hall–Kier alpha value is 0.300. The van der Waals surface area contributed by atoms with Crippen molar-refractivity contribution < 1.29 is 0 Å². The predicted molar refractivity (Wildman–Crippen MR) is 55.9 cm³/mol. The maximum absolute atomic E-state index is 5.59. The van der Waals surface area contributed by atoms with Crippen LogP contribution in [0.1, 0.15) is 6.92 Å². The van der Waals surface area contributed by atoms with Crippen molar-refractivity contribution in [3.8, 4) is 0 Å². The molecule has 0 radical (unpaired) electrons. The van der Waals surface area contributed by atoms with Crippen molar-refractivity contribution in [2.75, 3.05) is 5.75 Å². The molecule has 64 valence electrons. The van der Waals surface area contributed by atoms with Gasteiger partial charge in [0, 0.05) is 11.8 Å². The molecule has 1 nitrogen and oxygen atoms in total. The van der Waals surface area contributed by atoms with Gasteiger partial charge in [0.25, 0.3) is 0 Å². The van der Waals surface area contributed by atoms with Crippen LogP contribution < -0.4 is 5.73 Å². The van der Waals surface area contributed by atoms with Crippen molar-refractivity contribution >= 4 is 35.5 Å². The molecule has 1 unspecified atom stereocenters. The molecule has 2 N–H and O–H groups in total. The number of thiophene rings is 1. The minimum atomic E-state index is 0. The van der Waals surface area contributed by atoms with Gasteiger partial charge in [-0.2, -0.15) is 0 Å². The number of halogens is 1. The van der Waals surface area contributed by atoms with E-state index in [2.05, 4.69) is 17.5 Å². The SMILES string of the molecule is CC(N)CSc1cccs1.Cl. The summed E-state index contributed by atoms with van der Waals surface area (Å²) in [6, 6.07) is 4.48. The molecule has 0 aliphatic heterocycles. The minimum absolute atomic E-state index is 0. The first-order valence-corrected chi connectivity index (χ1v) is 5.07. The Kier molecular flexibility index (Phi) is 6.05. The first kappa shape index (κ1) is 11.3. The van der Waals surface area contributed by atoms with Gasteiger partial charge in [0.05, 0.1) is 4.21 Å². The highest BCUT2D eigenvalue weighted by atomic mass is 35.5. The standard InChI is InChI=1S/C7H11NS2.ClH/c1-6(8)5-10-7-3-2-4-9-7;/h2-4,6H,5,8H2,1H3;1H. The van der Waals surface area contributed by atoms with Crippen LogP contribution in [-0.4, -0.2) is 11.8 Å². The largest absolute Gasteiger partial charge is 0.327 e. The van der Waals surface area contributed by atoms with Gasteiger partial charge in [0.2, 0.25) is 0 Å². The van der Waals surface area contributed by atoms with E-state index in [-0.39, 0.29) is 12.4 Å². The molecule has 1 rings (SSSR count). The summed E-state index contributed by atoms with van der Waals surface area (Å²) in [5.74, 6) is 1.01. The summed E-state index contributed by atoms with van der Waals surface area (Å²) in [5.41, 5.74) is 5.59. The molecule has 0 saturated carbocycles. The molecule has 1 aromatic rings. The lowest BCUT2D eigenvalue weighted by molar-refractivity contribution is 0.848. The van der Waals surface area contributed by atoms with E-state index >= 15 is 0 Å². The molecular weight excluding hydrogens is 198 g/mol. The lowest BCUT2D eigenvalue weighted by Gasteiger charge is -2.00. The van der Waals surface area contributed by atoms with Gasteiger partial charge in [-0.25, -0.2) is 0 Å². The van der Waals surface area contributed by atoms with Gasteiger partial charge in [-0.15, -0.1) is 35.5 Å². The van der Waals surface area contributed by atoms with E-state index in [1.54, 1.807) is 11.3 Å². The van der Waals surface area contributed by atoms with Crippen LogP contribution >= 0.6 is 35.5 Å². The summed E-state index contributed by atoms with van der Waals surface area (Å²) < 4.78 is 1.36. The lowest BCUT2D eigenvalue weighted by Crippen LogP contribution is -2.17. The van der Waals surface area contributed by atoms with Gasteiger partial charge in [-0.1, -0.05) is 6.07 Å². The van der Waals surface area contributed by atoms with Crippen molar-refractivity contribution in [3.05, 3.63) is 17.5 Å². The maximum Gasteiger partial charge on any atom is 0.0599 e. The molecular formula is C7H12ClNS2. The molecule has 0 aliphatic rings. The van der Waals surface area contributed by atoms with Crippen LogP contribution in [0.25, 0.3) is 0 Å². The second-order valence-corrected chi connectivity index (χ2v) is 4.49. The van der Waals surface area contributed by atoms with E-state index in [9.17, 15) is 0 Å². The Bertz CT molecular complexity index is 175. The molecule has 0 aromatic carbocycles. The van der Waals surface area contributed by atoms with E-state index in [0.29, 0.717) is 6.04 Å². The van der Waals surface area contributed by atoms with E-state index in [1.807, 2.05) is 18.7 Å². The van der Waals surface area contributed by atoms with E-state index in [1.165, 1.54) is 4.21 Å². The first-order chi connectivity index (χ1) is 4.79. The Morgan fingerprint density at radius 1 is 1.73 bits per heavy atom. The molecule has 1 heterocycles. The fourth-order valence-electron chi connectivity index (χ4n) is 0.559. The lowest BCUT2D eigenvalue weighted by atomic mass is 10.4. The number of hydrogen-bond donors (Lipinski definition) is 1. The van der Waals surface area contributed by atoms with Gasteiger partial charge in [0.1, 0.15) is 0 Å². The van der Waals surface area contributed by atoms with Crippen molar-refractivity contribution in [2.24, 2.45) is 5.73 Å². The summed E-state index contributed by atoms with van der Waals surface area (Å²) in [5, 5.41) is 2.09. The first-order valence-electron chi connectivity index (χ1n) is 3.21. The van der Waals surface area contributed by atoms with Crippen molar-refractivity contribution in [1.29, 1.82) is 0 Å². The summed E-state index contributed by atoms with van der Waals surface area (Å²) in [4.78, 5) is 0. The smallest absolute Gasteiger partial charge is 0.0599 e. The van der Waals surface area contributed by atoms with Crippen LogP contribution in [0.2, 0.25) is 0 Å². The Labute approximate surface area is 81.8 Å². The van der Waals surface area contributed by atoms with E-state index in [4.69, 9.17) is 5.73 Å². The molecule has 11 heavy (non-hydrogen) atoms. The average Bonchev–Trinajstić information content (AvgIpc) is 2.34. The van der Waals surface area contributed by atoms with Gasteiger partial charge in [-0.05, 0) is 18.4 Å². The monoisotopic (exact) mass is 209 g/mol. The zero-order valence-electron chi connectivity index (χ0n) is 6.32. The third-order valence-electron chi connectivity index (χ3n) is 0.984. The molecule has 4 heteroatoms. The topological polar surface area (TPSA) is 26.0 Å². The zero-order chi connectivity index (χ0) is 7.40. The van der Waals surface area contributed by atoms with Gasteiger partial charge in [-0.3, -0.25) is 0 Å². The molecule has 0 spiro atoms. The summed E-state index contributed by atoms with van der Waals surface area (Å²) in [6.07, 6.45) is 0. The van der Waals surface area contributed by atoms with Crippen molar-refractivity contribution in [1.82, 2.24) is 0 Å². The van der Waals surface area contributed by atoms with Crippen molar-refractivity contribution in [3.63, 3.8) is 0 Å². The molecule has 1 aromatic heterocycles. The fourth-order valence-corrected chi connectivity index (χ4v) is 2.25. The molecule has 0 bridgehead atoms. The predicted octanol–water partition coefficient (Wildman–Crippen LogP) is 2.61. The van der Waals surface area contributed by atoms with Crippen LogP contribution in [0.15, 0.2) is 21.7 Å². The number of thioether (sulfide) groups is 1. The highest BCUT2D eigenvalue weighted by molar-refractivity contribution is 8.01. The normalized spacial score (nSPS) is 12.2. The highest BCUT2D eigenvalue weighted by Gasteiger charge is 1.96. The quantitative estimate of drug-likeness (QED) is 0.775. The molecule has 0 amide bonds. The van der Waals surface area contributed by atoms with Crippen LogP contribution in [0.3, 0.4) is 0 Å². The fraction of sp³-hybridized carbons (Fsp3) is 0.429. The maximum atomic E-state index is 5.59. The Morgan fingerprint density at radius 3 is 2.91 bits per heavy atom. The highest BCUT2D eigenvalue weighted by Crippen LogP contribution is 2.23. The Morgan fingerprint density at radius 2 is 2.45 bits per heavy atom. The third-order valence-corrected chi connectivity index (χ3v) is 3.40. The van der Waals surface area contributed by atoms with Gasteiger partial charge < -0.3 is 5.73 Å². The second kappa shape index (κ2) is 5.89. The van der Waals surface area contributed by atoms with Gasteiger partial charge >= 0.3 is 0 Å². The molecule has 0 saturated heterocycles. The van der Waals surface area contributed by atoms with Crippen LogP contribution in [0.5, 0.6) is 0 Å². The number of rotatable bonds is 3. The zero-order valence-corrected chi connectivity index (χ0v) is 8.77. The van der Waals surface area contributed by atoms with E-state index < -0.39 is 0 Å². The minimum Gasteiger partial charge on any atom is -0.327 e. The molecule has 0 fully saturated rings. The number of hydrogen-bond acceptors (Lipinski definition) is 3. The molecule has 1 atom stereocenters. The third kappa shape index (κ3) is 4.69. The van der Waals surface area contributed by atoms with Crippen LogP contribution in [0, 0.1) is 0 Å².